The maximum absolute atomic E-state index is 14.2. The molecule has 7 nitrogen and oxygen atoms in total. The van der Waals surface area contributed by atoms with E-state index in [0.29, 0.717) is 16.0 Å². The molecule has 0 radical (unpaired) electrons. The summed E-state index contributed by atoms with van der Waals surface area (Å²) in [6, 6.07) is 5.94. The van der Waals surface area contributed by atoms with E-state index in [1.807, 2.05) is 0 Å². The van der Waals surface area contributed by atoms with Gasteiger partial charge in [-0.25, -0.2) is 9.97 Å². The van der Waals surface area contributed by atoms with Crippen molar-refractivity contribution in [1.82, 2.24) is 14.5 Å². The van der Waals surface area contributed by atoms with Crippen LogP contribution in [0.5, 0.6) is 0 Å². The summed E-state index contributed by atoms with van der Waals surface area (Å²) >= 11 is 6.00. The number of alkyl halides is 3. The first-order valence-electron chi connectivity index (χ1n) is 9.38. The van der Waals surface area contributed by atoms with Gasteiger partial charge in [0.05, 0.1) is 5.39 Å². The maximum Gasteiger partial charge on any atom is 0.399 e. The average Bonchev–Trinajstić information content (AvgIpc) is 3.24. The highest BCUT2D eigenvalue weighted by Crippen LogP contribution is 2.56. The zero-order valence-electron chi connectivity index (χ0n) is 16.5. The van der Waals surface area contributed by atoms with Gasteiger partial charge in [0.25, 0.3) is 0 Å². The molecule has 1 saturated heterocycles. The van der Waals surface area contributed by atoms with E-state index in [4.69, 9.17) is 22.1 Å². The van der Waals surface area contributed by atoms with Crippen molar-refractivity contribution in [3.63, 3.8) is 0 Å². The molecule has 0 saturated carbocycles. The minimum atomic E-state index is -4.88. The molecule has 1 aliphatic rings. The first-order chi connectivity index (χ1) is 14.5. The van der Waals surface area contributed by atoms with Gasteiger partial charge in [0.15, 0.2) is 6.23 Å². The summed E-state index contributed by atoms with van der Waals surface area (Å²) in [5, 5.41) is 22.5. The van der Waals surface area contributed by atoms with Crippen molar-refractivity contribution in [2.45, 2.75) is 44.6 Å². The molecule has 1 aromatic carbocycles. The second-order valence-electron chi connectivity index (χ2n) is 7.85. The molecule has 0 bridgehead atoms. The predicted octanol–water partition coefficient (Wildman–Crippen LogP) is 3.54. The van der Waals surface area contributed by atoms with Gasteiger partial charge in [-0.1, -0.05) is 23.7 Å². The number of aliphatic hydroxyl groups excluding tert-OH is 2. The van der Waals surface area contributed by atoms with E-state index < -0.39 is 36.1 Å². The summed E-state index contributed by atoms with van der Waals surface area (Å²) in [6.45, 7) is 2.51. The van der Waals surface area contributed by atoms with Crippen molar-refractivity contribution < 1.29 is 28.1 Å². The first-order valence-corrected chi connectivity index (χ1v) is 9.76. The van der Waals surface area contributed by atoms with Crippen LogP contribution in [0.1, 0.15) is 30.4 Å². The Morgan fingerprint density at radius 3 is 2.65 bits per heavy atom. The van der Waals surface area contributed by atoms with E-state index in [1.54, 1.807) is 6.92 Å². The molecule has 3 heterocycles. The van der Waals surface area contributed by atoms with Crippen LogP contribution in [0, 0.1) is 12.3 Å². The SMILES string of the molecule is Cc1cc([C@@H](O)[C@H]2O[C@@H](n3ccc4c(N)ncnc43)[C@H](O)[C@@]2(C)C(F)(F)F)ccc1Cl. The van der Waals surface area contributed by atoms with E-state index in [1.165, 1.54) is 41.4 Å². The minimum Gasteiger partial charge on any atom is -0.387 e. The molecule has 3 aromatic rings. The lowest BCUT2D eigenvalue weighted by molar-refractivity contribution is -0.261. The number of halogens is 4. The van der Waals surface area contributed by atoms with Crippen LogP contribution in [0.3, 0.4) is 0 Å². The number of fused-ring (bicyclic) bond motifs is 1. The van der Waals surface area contributed by atoms with Crippen molar-refractivity contribution in [3.8, 4) is 0 Å². The zero-order chi connectivity index (χ0) is 22.7. The Labute approximate surface area is 180 Å². The zero-order valence-corrected chi connectivity index (χ0v) is 17.3. The van der Waals surface area contributed by atoms with E-state index in [-0.39, 0.29) is 17.0 Å². The third-order valence-corrected chi connectivity index (χ3v) is 6.42. The van der Waals surface area contributed by atoms with E-state index in [0.717, 1.165) is 6.92 Å². The molecule has 2 aromatic heterocycles. The molecule has 5 atom stereocenters. The molecular formula is C20H20ClF3N4O3. The topological polar surface area (TPSA) is 106 Å². The summed E-state index contributed by atoms with van der Waals surface area (Å²) in [6.07, 6.45) is -9.28. The highest BCUT2D eigenvalue weighted by molar-refractivity contribution is 6.31. The number of hydrogen-bond acceptors (Lipinski definition) is 6. The Balaban J connectivity index is 1.81. The Morgan fingerprint density at radius 1 is 1.29 bits per heavy atom. The van der Waals surface area contributed by atoms with Gasteiger partial charge < -0.3 is 25.3 Å². The van der Waals surface area contributed by atoms with Crippen LogP contribution in [0.25, 0.3) is 11.0 Å². The number of hydrogen-bond donors (Lipinski definition) is 3. The summed E-state index contributed by atoms with van der Waals surface area (Å²) < 4.78 is 49.7. The maximum atomic E-state index is 14.2. The number of aliphatic hydroxyl groups is 2. The van der Waals surface area contributed by atoms with Crippen molar-refractivity contribution in [2.75, 3.05) is 5.73 Å². The number of ether oxygens (including phenoxy) is 1. The van der Waals surface area contributed by atoms with Crippen molar-refractivity contribution in [1.29, 1.82) is 0 Å². The number of aryl methyl sites for hydroxylation is 1. The van der Waals surface area contributed by atoms with Crippen LogP contribution in [0.4, 0.5) is 19.0 Å². The molecule has 166 valence electrons. The van der Waals surface area contributed by atoms with Crippen LogP contribution in [0.2, 0.25) is 5.02 Å². The molecule has 31 heavy (non-hydrogen) atoms. The number of nitrogen functional groups attached to an aromatic ring is 1. The average molecular weight is 457 g/mol. The molecule has 11 heteroatoms. The monoisotopic (exact) mass is 456 g/mol. The second-order valence-corrected chi connectivity index (χ2v) is 8.25. The Morgan fingerprint density at radius 2 is 2.00 bits per heavy atom. The standard InChI is InChI=1S/C20H20ClF3N4O3/c1-9-7-10(3-4-12(9)21)13(29)15-19(2,20(22,23)24)14(30)18(31-15)28-6-5-11-16(25)26-8-27-17(11)28/h3-8,13-15,18,29-30H,1-2H3,(H2,25,26,27)/t13-,14+,15-,18-,19-/m1/s1. The molecule has 0 aliphatic carbocycles. The van der Waals surface area contributed by atoms with Crippen molar-refractivity contribution in [2.24, 2.45) is 5.41 Å². The van der Waals surface area contributed by atoms with Crippen molar-refractivity contribution in [3.05, 3.63) is 52.9 Å². The molecule has 0 spiro atoms. The van der Waals surface area contributed by atoms with Gasteiger partial charge in [-0.2, -0.15) is 13.2 Å². The molecule has 1 fully saturated rings. The summed E-state index contributed by atoms with van der Waals surface area (Å²) in [5.41, 5.74) is 4.02. The lowest BCUT2D eigenvalue weighted by Crippen LogP contribution is -2.51. The van der Waals surface area contributed by atoms with Crippen LogP contribution in [0.15, 0.2) is 36.8 Å². The second kappa shape index (κ2) is 7.33. The Hall–Kier alpha value is -2.40. The largest absolute Gasteiger partial charge is 0.399 e. The van der Waals surface area contributed by atoms with Gasteiger partial charge in [0, 0.05) is 11.2 Å². The van der Waals surface area contributed by atoms with Crippen molar-refractivity contribution >= 4 is 28.5 Å². The lowest BCUT2D eigenvalue weighted by atomic mass is 9.76. The number of rotatable bonds is 3. The summed E-state index contributed by atoms with van der Waals surface area (Å²) in [5.74, 6) is 0.142. The van der Waals surface area contributed by atoms with Gasteiger partial charge in [0.2, 0.25) is 0 Å². The highest BCUT2D eigenvalue weighted by atomic mass is 35.5. The molecule has 0 unspecified atom stereocenters. The molecule has 4 rings (SSSR count). The highest BCUT2D eigenvalue weighted by Gasteiger charge is 2.69. The van der Waals surface area contributed by atoms with Gasteiger partial charge in [-0.3, -0.25) is 0 Å². The van der Waals surface area contributed by atoms with E-state index >= 15 is 0 Å². The van der Waals surface area contributed by atoms with Crippen LogP contribution in [-0.2, 0) is 4.74 Å². The number of nitrogens with two attached hydrogens (primary N) is 1. The number of aromatic nitrogens is 3. The smallest absolute Gasteiger partial charge is 0.387 e. The first kappa shape index (κ1) is 21.8. The van der Waals surface area contributed by atoms with Crippen LogP contribution < -0.4 is 5.73 Å². The molecule has 4 N–H and O–H groups in total. The van der Waals surface area contributed by atoms with Crippen LogP contribution in [-0.4, -0.2) is 43.1 Å². The lowest BCUT2D eigenvalue weighted by Gasteiger charge is -2.36. The van der Waals surface area contributed by atoms with Crippen LogP contribution >= 0.6 is 11.6 Å². The summed E-state index contributed by atoms with van der Waals surface area (Å²) in [4.78, 5) is 7.91. The van der Waals surface area contributed by atoms with E-state index in [9.17, 15) is 23.4 Å². The number of benzene rings is 1. The van der Waals surface area contributed by atoms with Gasteiger partial charge >= 0.3 is 6.18 Å². The van der Waals surface area contributed by atoms with Gasteiger partial charge in [-0.05, 0) is 37.1 Å². The fourth-order valence-corrected chi connectivity index (χ4v) is 4.12. The van der Waals surface area contributed by atoms with E-state index in [2.05, 4.69) is 9.97 Å². The normalized spacial score (nSPS) is 27.7. The third kappa shape index (κ3) is 3.25. The van der Waals surface area contributed by atoms with Gasteiger partial charge in [-0.15, -0.1) is 0 Å². The fraction of sp³-hybridized carbons (Fsp3) is 0.400. The molecule has 1 aliphatic heterocycles. The van der Waals surface area contributed by atoms with Gasteiger partial charge in [0.1, 0.15) is 41.5 Å². The third-order valence-electron chi connectivity index (χ3n) is 6.00. The minimum absolute atomic E-state index is 0.142. The number of anilines is 1. The number of nitrogens with zero attached hydrogens (tertiary/aromatic N) is 3. The fourth-order valence-electron chi connectivity index (χ4n) is 4.00. The molecule has 0 amide bonds. The quantitative estimate of drug-likeness (QED) is 0.556. The Bertz CT molecular complexity index is 1140. The Kier molecular flexibility index (Phi) is 5.16. The summed E-state index contributed by atoms with van der Waals surface area (Å²) in [7, 11) is 0. The predicted molar refractivity (Wildman–Crippen MR) is 107 cm³/mol. The molecular weight excluding hydrogens is 437 g/mol.